The van der Waals surface area contributed by atoms with Crippen molar-refractivity contribution in [3.63, 3.8) is 0 Å². The molecule has 7 heteroatoms. The van der Waals surface area contributed by atoms with E-state index in [0.29, 0.717) is 5.69 Å². The zero-order chi connectivity index (χ0) is 20.9. The summed E-state index contributed by atoms with van der Waals surface area (Å²) in [5, 5.41) is 6.97. The largest absolute Gasteiger partial charge is 0.366 e. The standard InChI is InChI=1S/C23H19N5O2/c24-21(29)9-6-16-2-1-3-20(12-16)27-23(30)13-17-4-7-18(8-5-17)19-10-11-28-22(14-19)25-15-26-28/h1-12,14-15H,13H2,(H2,24,29)(H,27,30). The van der Waals surface area contributed by atoms with Crippen LogP contribution >= 0.6 is 0 Å². The fourth-order valence-corrected chi connectivity index (χ4v) is 3.10. The summed E-state index contributed by atoms with van der Waals surface area (Å²) < 4.78 is 1.71. The van der Waals surface area contributed by atoms with Gasteiger partial charge in [-0.3, -0.25) is 9.59 Å². The third-order valence-electron chi connectivity index (χ3n) is 4.54. The second-order valence-electron chi connectivity index (χ2n) is 6.76. The van der Waals surface area contributed by atoms with Gasteiger partial charge in [0.2, 0.25) is 11.8 Å². The molecule has 0 saturated carbocycles. The molecule has 0 fully saturated rings. The number of anilines is 1. The number of rotatable bonds is 6. The van der Waals surface area contributed by atoms with E-state index in [9.17, 15) is 9.59 Å². The highest BCUT2D eigenvalue weighted by Crippen LogP contribution is 2.21. The molecule has 0 atom stereocenters. The van der Waals surface area contributed by atoms with Gasteiger partial charge < -0.3 is 11.1 Å². The Kier molecular flexibility index (Phi) is 5.34. The second-order valence-corrected chi connectivity index (χ2v) is 6.76. The summed E-state index contributed by atoms with van der Waals surface area (Å²) in [6.07, 6.45) is 6.53. The molecular formula is C23H19N5O2. The summed E-state index contributed by atoms with van der Waals surface area (Å²) in [5.74, 6) is -0.641. The molecule has 0 saturated heterocycles. The van der Waals surface area contributed by atoms with Gasteiger partial charge in [0.15, 0.2) is 5.65 Å². The van der Waals surface area contributed by atoms with Gasteiger partial charge in [0, 0.05) is 18.0 Å². The minimum Gasteiger partial charge on any atom is -0.366 e. The van der Waals surface area contributed by atoms with Crippen molar-refractivity contribution >= 4 is 29.2 Å². The SMILES string of the molecule is NC(=O)C=Cc1cccc(NC(=O)Cc2ccc(-c3ccn4ncnc4c3)cc2)c1. The molecule has 3 N–H and O–H groups in total. The van der Waals surface area contributed by atoms with Gasteiger partial charge >= 0.3 is 0 Å². The molecule has 0 aliphatic carbocycles. The molecule has 0 radical (unpaired) electrons. The van der Waals surface area contributed by atoms with Gasteiger partial charge in [0.1, 0.15) is 6.33 Å². The van der Waals surface area contributed by atoms with Crippen LogP contribution in [0.2, 0.25) is 0 Å². The number of carbonyl (C=O) groups excluding carboxylic acids is 2. The molecule has 0 unspecified atom stereocenters. The number of primary amides is 1. The predicted octanol–water partition coefficient (Wildman–Crippen LogP) is 3.08. The van der Waals surface area contributed by atoms with Crippen molar-refractivity contribution in [2.75, 3.05) is 5.32 Å². The molecule has 0 aliphatic heterocycles. The van der Waals surface area contributed by atoms with E-state index in [1.807, 2.05) is 48.7 Å². The maximum absolute atomic E-state index is 12.4. The van der Waals surface area contributed by atoms with Crippen molar-refractivity contribution in [2.24, 2.45) is 5.73 Å². The van der Waals surface area contributed by atoms with E-state index >= 15 is 0 Å². The highest BCUT2D eigenvalue weighted by molar-refractivity contribution is 5.93. The first-order chi connectivity index (χ1) is 14.6. The van der Waals surface area contributed by atoms with Crippen molar-refractivity contribution in [3.05, 3.63) is 90.4 Å². The second kappa shape index (κ2) is 8.40. The first-order valence-corrected chi connectivity index (χ1v) is 9.33. The summed E-state index contributed by atoms with van der Waals surface area (Å²) >= 11 is 0. The Hall–Kier alpha value is -4.26. The monoisotopic (exact) mass is 397 g/mol. The smallest absolute Gasteiger partial charge is 0.241 e. The number of hydrogen-bond acceptors (Lipinski definition) is 4. The lowest BCUT2D eigenvalue weighted by Gasteiger charge is -2.07. The van der Waals surface area contributed by atoms with Crippen LogP contribution in [0, 0.1) is 0 Å². The summed E-state index contributed by atoms with van der Waals surface area (Å²) in [5.41, 5.74) is 10.3. The maximum atomic E-state index is 12.4. The van der Waals surface area contributed by atoms with Gasteiger partial charge in [-0.2, -0.15) is 5.10 Å². The number of nitrogens with zero attached hydrogens (tertiary/aromatic N) is 3. The van der Waals surface area contributed by atoms with Crippen molar-refractivity contribution in [3.8, 4) is 11.1 Å². The summed E-state index contributed by atoms with van der Waals surface area (Å²) in [6.45, 7) is 0. The Labute approximate surface area is 172 Å². The molecule has 2 aromatic carbocycles. The van der Waals surface area contributed by atoms with Crippen molar-refractivity contribution < 1.29 is 9.59 Å². The first-order valence-electron chi connectivity index (χ1n) is 9.33. The zero-order valence-electron chi connectivity index (χ0n) is 16.0. The number of benzene rings is 2. The van der Waals surface area contributed by atoms with Gasteiger partial charge in [-0.1, -0.05) is 36.4 Å². The molecule has 148 valence electrons. The minimum absolute atomic E-state index is 0.122. The third-order valence-corrected chi connectivity index (χ3v) is 4.54. The molecule has 2 heterocycles. The van der Waals surface area contributed by atoms with E-state index in [1.54, 1.807) is 28.8 Å². The fourth-order valence-electron chi connectivity index (χ4n) is 3.10. The van der Waals surface area contributed by atoms with Crippen molar-refractivity contribution in [1.82, 2.24) is 14.6 Å². The van der Waals surface area contributed by atoms with Gasteiger partial charge in [0.05, 0.1) is 6.42 Å². The van der Waals surface area contributed by atoms with Crippen LogP contribution in [0.25, 0.3) is 22.9 Å². The number of fused-ring (bicyclic) bond motifs is 1. The molecule has 30 heavy (non-hydrogen) atoms. The number of nitrogens with one attached hydrogen (secondary N) is 1. The van der Waals surface area contributed by atoms with Gasteiger partial charge in [-0.25, -0.2) is 9.50 Å². The molecule has 0 bridgehead atoms. The van der Waals surface area contributed by atoms with Crippen LogP contribution in [0.3, 0.4) is 0 Å². The van der Waals surface area contributed by atoms with Crippen LogP contribution in [0.5, 0.6) is 0 Å². The Bertz CT molecular complexity index is 1240. The van der Waals surface area contributed by atoms with Crippen molar-refractivity contribution in [2.45, 2.75) is 6.42 Å². The molecule has 0 spiro atoms. The Morgan fingerprint density at radius 2 is 1.87 bits per heavy atom. The lowest BCUT2D eigenvalue weighted by Crippen LogP contribution is -2.14. The lowest BCUT2D eigenvalue weighted by molar-refractivity contribution is -0.115. The molecule has 2 amide bonds. The number of hydrogen-bond donors (Lipinski definition) is 2. The first kappa shape index (κ1) is 19.1. The minimum atomic E-state index is -0.519. The number of pyridine rings is 1. The van der Waals surface area contributed by atoms with Crippen LogP contribution < -0.4 is 11.1 Å². The Morgan fingerprint density at radius 3 is 2.67 bits per heavy atom. The van der Waals surface area contributed by atoms with Crippen molar-refractivity contribution in [1.29, 1.82) is 0 Å². The number of aromatic nitrogens is 3. The van der Waals surface area contributed by atoms with Crippen LogP contribution in [0.4, 0.5) is 5.69 Å². The molecule has 0 aliphatic rings. The van der Waals surface area contributed by atoms with E-state index in [0.717, 1.165) is 27.9 Å². The van der Waals surface area contributed by atoms with Crippen LogP contribution in [-0.4, -0.2) is 26.4 Å². The zero-order valence-corrected chi connectivity index (χ0v) is 16.0. The highest BCUT2D eigenvalue weighted by atomic mass is 16.1. The topological polar surface area (TPSA) is 102 Å². The predicted molar refractivity (Wildman–Crippen MR) is 115 cm³/mol. The van der Waals surface area contributed by atoms with E-state index in [-0.39, 0.29) is 12.3 Å². The molecule has 4 rings (SSSR count). The molecular weight excluding hydrogens is 378 g/mol. The third kappa shape index (κ3) is 4.59. The molecule has 2 aromatic heterocycles. The van der Waals surface area contributed by atoms with E-state index in [4.69, 9.17) is 5.73 Å². The quantitative estimate of drug-likeness (QED) is 0.488. The molecule has 7 nitrogen and oxygen atoms in total. The number of carbonyl (C=O) groups is 2. The average Bonchev–Trinajstić information content (AvgIpc) is 3.21. The van der Waals surface area contributed by atoms with Crippen LogP contribution in [-0.2, 0) is 16.0 Å². The van der Waals surface area contributed by atoms with E-state index in [2.05, 4.69) is 15.4 Å². The number of nitrogens with two attached hydrogens (primary N) is 1. The molecule has 4 aromatic rings. The normalized spacial score (nSPS) is 11.1. The number of amides is 2. The van der Waals surface area contributed by atoms with E-state index < -0.39 is 5.91 Å². The van der Waals surface area contributed by atoms with Gasteiger partial charge in [-0.05, 0) is 52.6 Å². The Morgan fingerprint density at radius 1 is 1.03 bits per heavy atom. The van der Waals surface area contributed by atoms with Crippen LogP contribution in [0.15, 0.2) is 79.3 Å². The van der Waals surface area contributed by atoms with Gasteiger partial charge in [0.25, 0.3) is 0 Å². The maximum Gasteiger partial charge on any atom is 0.241 e. The fraction of sp³-hybridized carbons (Fsp3) is 0.0435. The highest BCUT2D eigenvalue weighted by Gasteiger charge is 2.06. The van der Waals surface area contributed by atoms with E-state index in [1.165, 1.54) is 12.4 Å². The van der Waals surface area contributed by atoms with Gasteiger partial charge in [-0.15, -0.1) is 0 Å². The summed E-state index contributed by atoms with van der Waals surface area (Å²) in [6, 6.07) is 19.0. The Balaban J connectivity index is 1.41. The summed E-state index contributed by atoms with van der Waals surface area (Å²) in [4.78, 5) is 27.5. The lowest BCUT2D eigenvalue weighted by atomic mass is 10.0. The summed E-state index contributed by atoms with van der Waals surface area (Å²) in [7, 11) is 0. The average molecular weight is 397 g/mol. The van der Waals surface area contributed by atoms with Crippen LogP contribution in [0.1, 0.15) is 11.1 Å².